The Morgan fingerprint density at radius 1 is 1.61 bits per heavy atom. The Hall–Kier alpha value is -2.66. The molecule has 1 aromatic carbocycles. The first-order valence-electron chi connectivity index (χ1n) is 5.16. The SMILES string of the molecule is COc1cc(N)cc2[nH]cc(C(=O)CN=[N+]=[N-])c12. The highest BCUT2D eigenvalue weighted by molar-refractivity contribution is 6.11. The van der Waals surface area contributed by atoms with Crippen molar-refractivity contribution in [2.45, 2.75) is 0 Å². The van der Waals surface area contributed by atoms with E-state index in [0.29, 0.717) is 27.9 Å². The number of nitrogens with one attached hydrogen (secondary N) is 1. The first kappa shape index (κ1) is 11.8. The van der Waals surface area contributed by atoms with E-state index in [9.17, 15) is 4.79 Å². The second kappa shape index (κ2) is 4.68. The van der Waals surface area contributed by atoms with Crippen molar-refractivity contribution in [1.82, 2.24) is 4.98 Å². The molecule has 2 rings (SSSR count). The number of ether oxygens (including phenoxy) is 1. The third-order valence-electron chi connectivity index (χ3n) is 2.56. The fourth-order valence-electron chi connectivity index (χ4n) is 1.81. The molecule has 0 aliphatic rings. The molecule has 1 aromatic heterocycles. The number of nitrogens with zero attached hydrogens (tertiary/aromatic N) is 3. The van der Waals surface area contributed by atoms with Crippen molar-refractivity contribution in [3.8, 4) is 5.75 Å². The molecule has 7 nitrogen and oxygen atoms in total. The summed E-state index contributed by atoms with van der Waals surface area (Å²) >= 11 is 0. The van der Waals surface area contributed by atoms with E-state index < -0.39 is 0 Å². The highest BCUT2D eigenvalue weighted by atomic mass is 16.5. The number of rotatable bonds is 4. The van der Waals surface area contributed by atoms with Crippen LogP contribution in [0.2, 0.25) is 0 Å². The molecule has 1 heterocycles. The fraction of sp³-hybridized carbons (Fsp3) is 0.182. The predicted octanol–water partition coefficient (Wildman–Crippen LogP) is 2.25. The first-order valence-corrected chi connectivity index (χ1v) is 5.16. The molecule has 92 valence electrons. The summed E-state index contributed by atoms with van der Waals surface area (Å²) in [4.78, 5) is 17.4. The van der Waals surface area contributed by atoms with Gasteiger partial charge < -0.3 is 15.5 Å². The number of H-pyrrole nitrogens is 1. The van der Waals surface area contributed by atoms with Crippen molar-refractivity contribution in [2.75, 3.05) is 19.4 Å². The Morgan fingerprint density at radius 2 is 2.39 bits per heavy atom. The van der Waals surface area contributed by atoms with Crippen LogP contribution in [0.1, 0.15) is 10.4 Å². The maximum atomic E-state index is 11.9. The molecule has 0 atom stereocenters. The molecule has 0 spiro atoms. The second-order valence-electron chi connectivity index (χ2n) is 3.66. The van der Waals surface area contributed by atoms with Crippen molar-refractivity contribution in [3.63, 3.8) is 0 Å². The molecule has 0 amide bonds. The Kier molecular flexibility index (Phi) is 3.07. The van der Waals surface area contributed by atoms with Crippen LogP contribution in [-0.4, -0.2) is 24.4 Å². The summed E-state index contributed by atoms with van der Waals surface area (Å²) in [6.45, 7) is -0.225. The van der Waals surface area contributed by atoms with E-state index in [4.69, 9.17) is 16.0 Å². The minimum atomic E-state index is -0.276. The lowest BCUT2D eigenvalue weighted by atomic mass is 10.1. The number of ketones is 1. The van der Waals surface area contributed by atoms with Gasteiger partial charge in [0.15, 0.2) is 5.78 Å². The van der Waals surface area contributed by atoms with E-state index >= 15 is 0 Å². The number of carbonyl (C=O) groups is 1. The number of aromatic amines is 1. The maximum Gasteiger partial charge on any atom is 0.170 e. The maximum absolute atomic E-state index is 11.9. The minimum absolute atomic E-state index is 0.225. The van der Waals surface area contributed by atoms with Gasteiger partial charge in [-0.1, -0.05) is 5.11 Å². The molecule has 0 unspecified atom stereocenters. The number of azide groups is 1. The highest BCUT2D eigenvalue weighted by Crippen LogP contribution is 2.31. The molecule has 0 saturated heterocycles. The quantitative estimate of drug-likeness (QED) is 0.283. The molecule has 18 heavy (non-hydrogen) atoms. The van der Waals surface area contributed by atoms with Crippen LogP contribution < -0.4 is 10.5 Å². The average molecular weight is 245 g/mol. The molecular formula is C11H11N5O2. The molecule has 3 N–H and O–H groups in total. The van der Waals surface area contributed by atoms with Crippen molar-refractivity contribution < 1.29 is 9.53 Å². The first-order chi connectivity index (χ1) is 8.67. The van der Waals surface area contributed by atoms with Gasteiger partial charge in [0.1, 0.15) is 5.75 Å². The lowest BCUT2D eigenvalue weighted by molar-refractivity contribution is 0.100. The van der Waals surface area contributed by atoms with E-state index in [1.807, 2.05) is 0 Å². The Balaban J connectivity index is 2.59. The highest BCUT2D eigenvalue weighted by Gasteiger charge is 2.15. The van der Waals surface area contributed by atoms with Crippen molar-refractivity contribution >= 4 is 22.4 Å². The lowest BCUT2D eigenvalue weighted by Gasteiger charge is -2.05. The van der Waals surface area contributed by atoms with Crippen molar-refractivity contribution in [1.29, 1.82) is 0 Å². The van der Waals surface area contributed by atoms with E-state index in [-0.39, 0.29) is 12.3 Å². The Labute approximate surface area is 102 Å². The van der Waals surface area contributed by atoms with Crippen molar-refractivity contribution in [2.24, 2.45) is 5.11 Å². The van der Waals surface area contributed by atoms with Gasteiger partial charge in [-0.3, -0.25) is 4.79 Å². The van der Waals surface area contributed by atoms with Crippen molar-refractivity contribution in [3.05, 3.63) is 34.3 Å². The van der Waals surface area contributed by atoms with Crippen LogP contribution in [-0.2, 0) is 0 Å². The molecule has 0 fully saturated rings. The van der Waals surface area contributed by atoms with Crippen LogP contribution in [0.3, 0.4) is 0 Å². The van der Waals surface area contributed by atoms with Gasteiger partial charge >= 0.3 is 0 Å². The average Bonchev–Trinajstić information content (AvgIpc) is 2.78. The third-order valence-corrected chi connectivity index (χ3v) is 2.56. The monoisotopic (exact) mass is 245 g/mol. The van der Waals surface area contributed by atoms with E-state index in [1.54, 1.807) is 18.3 Å². The zero-order chi connectivity index (χ0) is 13.1. The third kappa shape index (κ3) is 1.94. The zero-order valence-corrected chi connectivity index (χ0v) is 9.67. The number of anilines is 1. The number of hydrogen-bond acceptors (Lipinski definition) is 4. The van der Waals surface area contributed by atoms with Crippen LogP contribution in [0, 0.1) is 0 Å². The minimum Gasteiger partial charge on any atom is -0.496 e. The topological polar surface area (TPSA) is 117 Å². The predicted molar refractivity (Wildman–Crippen MR) is 67.6 cm³/mol. The molecule has 7 heteroatoms. The molecule has 0 aliphatic heterocycles. The number of methoxy groups -OCH3 is 1. The van der Waals surface area contributed by atoms with E-state index in [1.165, 1.54) is 7.11 Å². The smallest absolute Gasteiger partial charge is 0.170 e. The van der Waals surface area contributed by atoms with Gasteiger partial charge in [-0.05, 0) is 11.6 Å². The molecule has 0 saturated carbocycles. The van der Waals surface area contributed by atoms with E-state index in [0.717, 1.165) is 0 Å². The molecule has 0 bridgehead atoms. The zero-order valence-electron chi connectivity index (χ0n) is 9.67. The fourth-order valence-corrected chi connectivity index (χ4v) is 1.81. The second-order valence-corrected chi connectivity index (χ2v) is 3.66. The molecular weight excluding hydrogens is 234 g/mol. The van der Waals surface area contributed by atoms with E-state index in [2.05, 4.69) is 15.0 Å². The van der Waals surface area contributed by atoms with Crippen LogP contribution >= 0.6 is 0 Å². The molecule has 0 radical (unpaired) electrons. The van der Waals surface area contributed by atoms with Crippen LogP contribution in [0.5, 0.6) is 5.75 Å². The molecule has 0 aliphatic carbocycles. The van der Waals surface area contributed by atoms with Gasteiger partial charge in [-0.25, -0.2) is 0 Å². The number of carbonyl (C=O) groups excluding carboxylic acids is 1. The largest absolute Gasteiger partial charge is 0.496 e. The van der Waals surface area contributed by atoms with Gasteiger partial charge in [-0.2, -0.15) is 0 Å². The van der Waals surface area contributed by atoms with Gasteiger partial charge in [0.25, 0.3) is 0 Å². The number of fused-ring (bicyclic) bond motifs is 1. The Morgan fingerprint density at radius 3 is 3.06 bits per heavy atom. The van der Waals surface area contributed by atoms with Gasteiger partial charge in [0.2, 0.25) is 0 Å². The summed E-state index contributed by atoms with van der Waals surface area (Å²) < 4.78 is 5.21. The summed E-state index contributed by atoms with van der Waals surface area (Å²) in [6, 6.07) is 3.35. The van der Waals surface area contributed by atoms with Crippen LogP contribution in [0.4, 0.5) is 5.69 Å². The summed E-state index contributed by atoms with van der Waals surface area (Å²) in [5, 5.41) is 3.90. The Bertz CT molecular complexity index is 655. The van der Waals surface area contributed by atoms with Gasteiger partial charge in [0, 0.05) is 28.4 Å². The number of nitrogen functional groups attached to an aromatic ring is 1. The summed E-state index contributed by atoms with van der Waals surface area (Å²) in [7, 11) is 1.50. The van der Waals surface area contributed by atoms with Gasteiger partial charge in [0.05, 0.1) is 24.6 Å². The number of nitrogens with two attached hydrogens (primary N) is 1. The van der Waals surface area contributed by atoms with Gasteiger partial charge in [-0.15, -0.1) is 0 Å². The summed E-state index contributed by atoms with van der Waals surface area (Å²) in [5.74, 6) is 0.234. The normalized spacial score (nSPS) is 10.1. The summed E-state index contributed by atoms with van der Waals surface area (Å²) in [5.41, 5.74) is 15.6. The van der Waals surface area contributed by atoms with Crippen LogP contribution in [0.15, 0.2) is 23.4 Å². The number of aromatic nitrogens is 1. The summed E-state index contributed by atoms with van der Waals surface area (Å²) in [6.07, 6.45) is 1.56. The number of hydrogen-bond donors (Lipinski definition) is 2. The van der Waals surface area contributed by atoms with Crippen LogP contribution in [0.25, 0.3) is 21.3 Å². The lowest BCUT2D eigenvalue weighted by Crippen LogP contribution is -2.02. The molecule has 2 aromatic rings. The standard InChI is InChI=1S/C11H11N5O2/c1-18-10-3-6(12)2-8-11(10)7(4-14-8)9(17)5-15-16-13/h2-4,14H,5,12H2,1H3. The number of Topliss-reactive ketones (excluding diaryl/α,β-unsaturated/α-hetero) is 1. The number of benzene rings is 1.